The van der Waals surface area contributed by atoms with E-state index in [4.69, 9.17) is 4.74 Å². The van der Waals surface area contributed by atoms with E-state index in [0.29, 0.717) is 17.4 Å². The van der Waals surface area contributed by atoms with Crippen molar-refractivity contribution in [1.82, 2.24) is 15.6 Å². The van der Waals surface area contributed by atoms with Crippen LogP contribution in [0.4, 0.5) is 0 Å². The summed E-state index contributed by atoms with van der Waals surface area (Å²) in [6.07, 6.45) is 2.58. The number of nitrogens with zero attached hydrogens (tertiary/aromatic N) is 2. The number of hydrogen-bond acceptors (Lipinski definition) is 4. The zero-order valence-electron chi connectivity index (χ0n) is 16.3. The zero-order valence-corrected chi connectivity index (χ0v) is 16.3. The summed E-state index contributed by atoms with van der Waals surface area (Å²) in [5.74, 6) is 0.939. The molecule has 6 heteroatoms. The Hall–Kier alpha value is -3.41. The molecule has 2 N–H and O–H groups in total. The average molecular weight is 376 g/mol. The molecular formula is C22H24N4O2. The average Bonchev–Trinajstić information content (AvgIpc) is 3.19. The number of hydrogen-bond donors (Lipinski definition) is 2. The number of benzene rings is 2. The zero-order chi connectivity index (χ0) is 19.9. The fraction of sp³-hybridized carbons (Fsp3) is 0.227. The highest BCUT2D eigenvalue weighted by Crippen LogP contribution is 2.20. The molecule has 2 aromatic carbocycles. The highest BCUT2D eigenvalue weighted by Gasteiger charge is 2.10. The van der Waals surface area contributed by atoms with Crippen molar-refractivity contribution in [3.8, 4) is 17.0 Å². The number of aromatic nitrogens is 2. The van der Waals surface area contributed by atoms with Crippen molar-refractivity contribution in [2.24, 2.45) is 11.0 Å². The summed E-state index contributed by atoms with van der Waals surface area (Å²) >= 11 is 0. The van der Waals surface area contributed by atoms with Gasteiger partial charge in [0.1, 0.15) is 11.4 Å². The summed E-state index contributed by atoms with van der Waals surface area (Å²) in [5, 5.41) is 11.0. The van der Waals surface area contributed by atoms with Crippen LogP contribution in [0.15, 0.2) is 59.7 Å². The fourth-order valence-electron chi connectivity index (χ4n) is 2.86. The molecule has 0 aliphatic heterocycles. The van der Waals surface area contributed by atoms with Crippen LogP contribution in [0, 0.1) is 5.92 Å². The third-order valence-corrected chi connectivity index (χ3v) is 4.22. The Balaban J connectivity index is 1.64. The Morgan fingerprint density at radius 3 is 2.68 bits per heavy atom. The lowest BCUT2D eigenvalue weighted by molar-refractivity contribution is 0.0950. The van der Waals surface area contributed by atoms with Crippen LogP contribution in [0.5, 0.6) is 5.75 Å². The highest BCUT2D eigenvalue weighted by molar-refractivity contribution is 5.94. The quantitative estimate of drug-likeness (QED) is 0.482. The lowest BCUT2D eigenvalue weighted by atomic mass is 10.0. The number of amides is 1. The Morgan fingerprint density at radius 2 is 1.96 bits per heavy atom. The van der Waals surface area contributed by atoms with Crippen LogP contribution in [0.3, 0.4) is 0 Å². The van der Waals surface area contributed by atoms with Crippen LogP contribution in [0.25, 0.3) is 11.3 Å². The molecule has 28 heavy (non-hydrogen) atoms. The SMILES string of the molecule is COc1ccccc1/C=N\NC(=O)c1cc(-c2ccc(CC(C)C)cc2)n[nH]1. The number of carbonyl (C=O) groups is 1. The van der Waals surface area contributed by atoms with Crippen molar-refractivity contribution in [1.29, 1.82) is 0 Å². The molecule has 0 unspecified atom stereocenters. The van der Waals surface area contributed by atoms with Crippen molar-refractivity contribution < 1.29 is 9.53 Å². The van der Waals surface area contributed by atoms with Crippen molar-refractivity contribution in [2.45, 2.75) is 20.3 Å². The number of aromatic amines is 1. The number of para-hydroxylation sites is 1. The molecule has 0 fully saturated rings. The monoisotopic (exact) mass is 376 g/mol. The first-order valence-corrected chi connectivity index (χ1v) is 9.18. The molecule has 0 aliphatic rings. The number of ether oxygens (including phenoxy) is 1. The van der Waals surface area contributed by atoms with E-state index < -0.39 is 0 Å². The first-order valence-electron chi connectivity index (χ1n) is 9.18. The Labute approximate surface area is 164 Å². The number of methoxy groups -OCH3 is 1. The fourth-order valence-corrected chi connectivity index (χ4v) is 2.86. The van der Waals surface area contributed by atoms with Crippen LogP contribution in [0.2, 0.25) is 0 Å². The molecule has 0 saturated heterocycles. The number of rotatable bonds is 7. The maximum Gasteiger partial charge on any atom is 0.289 e. The lowest BCUT2D eigenvalue weighted by Gasteiger charge is -2.05. The largest absolute Gasteiger partial charge is 0.496 e. The molecule has 3 aromatic rings. The third kappa shape index (κ3) is 4.85. The maximum absolute atomic E-state index is 12.3. The van der Waals surface area contributed by atoms with Gasteiger partial charge in [-0.2, -0.15) is 10.2 Å². The van der Waals surface area contributed by atoms with Gasteiger partial charge in [-0.3, -0.25) is 9.89 Å². The topological polar surface area (TPSA) is 79.4 Å². The van der Waals surface area contributed by atoms with Gasteiger partial charge < -0.3 is 4.74 Å². The van der Waals surface area contributed by atoms with E-state index in [-0.39, 0.29) is 5.91 Å². The van der Waals surface area contributed by atoms with E-state index in [2.05, 4.69) is 46.7 Å². The minimum absolute atomic E-state index is 0.346. The summed E-state index contributed by atoms with van der Waals surface area (Å²) in [6.45, 7) is 4.39. The van der Waals surface area contributed by atoms with Crippen molar-refractivity contribution >= 4 is 12.1 Å². The molecule has 0 aliphatic carbocycles. The molecule has 1 amide bonds. The second-order valence-electron chi connectivity index (χ2n) is 6.90. The van der Waals surface area contributed by atoms with E-state index in [9.17, 15) is 4.79 Å². The first-order chi connectivity index (χ1) is 13.6. The van der Waals surface area contributed by atoms with Crippen molar-refractivity contribution in [3.63, 3.8) is 0 Å². The van der Waals surface area contributed by atoms with Gasteiger partial charge in [0.05, 0.1) is 19.0 Å². The number of carbonyl (C=O) groups excluding carboxylic acids is 1. The van der Waals surface area contributed by atoms with Gasteiger partial charge in [0.25, 0.3) is 5.91 Å². The van der Waals surface area contributed by atoms with E-state index >= 15 is 0 Å². The summed E-state index contributed by atoms with van der Waals surface area (Å²) < 4.78 is 5.25. The molecule has 1 aromatic heterocycles. The van der Waals surface area contributed by atoms with Gasteiger partial charge in [-0.25, -0.2) is 5.43 Å². The summed E-state index contributed by atoms with van der Waals surface area (Å²) in [4.78, 5) is 12.3. The van der Waals surface area contributed by atoms with Gasteiger partial charge in [0.2, 0.25) is 0 Å². The van der Waals surface area contributed by atoms with E-state index in [1.54, 1.807) is 19.4 Å². The van der Waals surface area contributed by atoms with Gasteiger partial charge in [0.15, 0.2) is 0 Å². The minimum Gasteiger partial charge on any atom is -0.496 e. The second-order valence-corrected chi connectivity index (χ2v) is 6.90. The number of H-pyrrole nitrogens is 1. The number of nitrogens with one attached hydrogen (secondary N) is 2. The van der Waals surface area contributed by atoms with Crippen molar-refractivity contribution in [3.05, 3.63) is 71.4 Å². The third-order valence-electron chi connectivity index (χ3n) is 4.22. The summed E-state index contributed by atoms with van der Waals surface area (Å²) in [6, 6.07) is 17.4. The van der Waals surface area contributed by atoms with Gasteiger partial charge in [-0.1, -0.05) is 50.2 Å². The molecule has 6 nitrogen and oxygen atoms in total. The molecular weight excluding hydrogens is 352 g/mol. The van der Waals surface area contributed by atoms with Gasteiger partial charge in [-0.15, -0.1) is 0 Å². The van der Waals surface area contributed by atoms with Crippen LogP contribution < -0.4 is 10.2 Å². The van der Waals surface area contributed by atoms with Crippen LogP contribution >= 0.6 is 0 Å². The highest BCUT2D eigenvalue weighted by atomic mass is 16.5. The van der Waals surface area contributed by atoms with E-state index in [0.717, 1.165) is 23.2 Å². The molecule has 0 saturated carbocycles. The van der Waals surface area contributed by atoms with Crippen LogP contribution in [0.1, 0.15) is 35.5 Å². The summed E-state index contributed by atoms with van der Waals surface area (Å²) in [5.41, 5.74) is 6.58. The Morgan fingerprint density at radius 1 is 1.21 bits per heavy atom. The van der Waals surface area contributed by atoms with Crippen molar-refractivity contribution in [2.75, 3.05) is 7.11 Å². The Kier molecular flexibility index (Phi) is 6.22. The Bertz CT molecular complexity index is 959. The molecule has 0 radical (unpaired) electrons. The number of hydrazone groups is 1. The van der Waals surface area contributed by atoms with E-state index in [1.807, 2.05) is 36.4 Å². The summed E-state index contributed by atoms with van der Waals surface area (Å²) in [7, 11) is 1.59. The first kappa shape index (κ1) is 19.4. The predicted molar refractivity (Wildman–Crippen MR) is 111 cm³/mol. The smallest absolute Gasteiger partial charge is 0.289 e. The normalized spacial score (nSPS) is 11.1. The molecule has 0 bridgehead atoms. The maximum atomic E-state index is 12.3. The van der Waals surface area contributed by atoms with E-state index in [1.165, 1.54) is 5.56 Å². The standard InChI is InChI=1S/C22H24N4O2/c1-15(2)12-16-8-10-17(11-9-16)19-13-20(25-24-19)22(27)26-23-14-18-6-4-5-7-21(18)28-3/h4-11,13-15H,12H2,1-3H3,(H,24,25)(H,26,27)/b23-14-. The molecule has 144 valence electrons. The van der Waals surface area contributed by atoms with Crippen LogP contribution in [-0.4, -0.2) is 29.4 Å². The predicted octanol–water partition coefficient (Wildman–Crippen LogP) is 4.05. The van der Waals surface area contributed by atoms with Gasteiger partial charge in [0, 0.05) is 11.1 Å². The second kappa shape index (κ2) is 8.99. The lowest BCUT2D eigenvalue weighted by Crippen LogP contribution is -2.18. The minimum atomic E-state index is -0.360. The van der Waals surface area contributed by atoms with Crippen LogP contribution in [-0.2, 0) is 6.42 Å². The molecule has 0 spiro atoms. The molecule has 0 atom stereocenters. The van der Waals surface area contributed by atoms with Gasteiger partial charge >= 0.3 is 0 Å². The molecule has 3 rings (SSSR count). The molecule has 1 heterocycles. The van der Waals surface area contributed by atoms with Gasteiger partial charge in [-0.05, 0) is 36.1 Å².